The Kier molecular flexibility index (Phi) is 2.78. The second kappa shape index (κ2) is 4.34. The molecule has 1 aliphatic rings. The third-order valence-corrected chi connectivity index (χ3v) is 3.83. The maximum Gasteiger partial charge on any atom is 0.102 e. The maximum absolute atomic E-state index is 13.2. The van der Waals surface area contributed by atoms with Crippen LogP contribution in [0.4, 0.5) is 4.39 Å². The Morgan fingerprint density at radius 1 is 1.16 bits per heavy atom. The molecule has 0 nitrogen and oxygen atoms in total. The molecule has 19 heavy (non-hydrogen) atoms. The Morgan fingerprint density at radius 3 is 2.79 bits per heavy atom. The highest BCUT2D eigenvalue weighted by atomic mass is 19.1. The Balaban J connectivity index is 2.40. The summed E-state index contributed by atoms with van der Waals surface area (Å²) < 4.78 is 13.2. The van der Waals surface area contributed by atoms with Crippen LogP contribution in [0.3, 0.4) is 0 Å². The monoisotopic (exact) mass is 252 g/mol. The molecule has 1 aliphatic carbocycles. The van der Waals surface area contributed by atoms with E-state index in [0.717, 1.165) is 10.4 Å². The predicted octanol–water partition coefficient (Wildman–Crippen LogP) is 3.25. The topological polar surface area (TPSA) is 0 Å². The van der Waals surface area contributed by atoms with Gasteiger partial charge in [-0.3, -0.25) is 0 Å². The van der Waals surface area contributed by atoms with Gasteiger partial charge in [0.25, 0.3) is 0 Å². The number of aryl methyl sites for hydroxylation is 1. The summed E-state index contributed by atoms with van der Waals surface area (Å²) in [6.07, 6.45) is 8.00. The zero-order valence-corrected chi connectivity index (χ0v) is 11.3. The molecule has 96 valence electrons. The van der Waals surface area contributed by atoms with Crippen LogP contribution < -0.4 is 10.4 Å². The number of hydrogen-bond donors (Lipinski definition) is 0. The van der Waals surface area contributed by atoms with Crippen LogP contribution in [-0.4, -0.2) is 6.67 Å². The third-order valence-electron chi connectivity index (χ3n) is 3.83. The molecule has 0 fully saturated rings. The van der Waals surface area contributed by atoms with Gasteiger partial charge in [-0.25, -0.2) is 4.39 Å². The Morgan fingerprint density at radius 2 is 2.00 bits per heavy atom. The predicted molar refractivity (Wildman–Crippen MR) is 80.1 cm³/mol. The van der Waals surface area contributed by atoms with Crippen molar-refractivity contribution in [2.24, 2.45) is 5.41 Å². The second-order valence-corrected chi connectivity index (χ2v) is 5.59. The van der Waals surface area contributed by atoms with Gasteiger partial charge in [0.1, 0.15) is 6.67 Å². The van der Waals surface area contributed by atoms with Gasteiger partial charge in [0.15, 0.2) is 0 Å². The zero-order valence-electron chi connectivity index (χ0n) is 11.3. The molecule has 0 saturated heterocycles. The number of halogens is 1. The van der Waals surface area contributed by atoms with Crippen molar-refractivity contribution in [2.45, 2.75) is 13.8 Å². The van der Waals surface area contributed by atoms with Crippen molar-refractivity contribution in [3.05, 3.63) is 58.5 Å². The molecule has 1 heteroatoms. The first-order valence-corrected chi connectivity index (χ1v) is 6.59. The van der Waals surface area contributed by atoms with Crippen molar-refractivity contribution in [1.29, 1.82) is 0 Å². The van der Waals surface area contributed by atoms with Crippen molar-refractivity contribution in [2.75, 3.05) is 6.67 Å². The highest BCUT2D eigenvalue weighted by Crippen LogP contribution is 2.22. The van der Waals surface area contributed by atoms with Crippen molar-refractivity contribution in [3.8, 4) is 0 Å². The molecular formula is C18H17F. The summed E-state index contributed by atoms with van der Waals surface area (Å²) in [5, 5.41) is 4.76. The first-order valence-electron chi connectivity index (χ1n) is 6.59. The van der Waals surface area contributed by atoms with Gasteiger partial charge in [-0.15, -0.1) is 0 Å². The van der Waals surface area contributed by atoms with E-state index in [2.05, 4.69) is 43.3 Å². The molecule has 2 aromatic carbocycles. The van der Waals surface area contributed by atoms with Gasteiger partial charge < -0.3 is 0 Å². The molecule has 0 aromatic heterocycles. The Labute approximate surface area is 112 Å². The summed E-state index contributed by atoms with van der Waals surface area (Å²) in [5.41, 5.74) is 0.773. The van der Waals surface area contributed by atoms with Crippen LogP contribution in [0.2, 0.25) is 0 Å². The van der Waals surface area contributed by atoms with Crippen LogP contribution in [0.25, 0.3) is 22.9 Å². The molecule has 0 saturated carbocycles. The number of fused-ring (bicyclic) bond motifs is 2. The van der Waals surface area contributed by atoms with Crippen molar-refractivity contribution in [1.82, 2.24) is 0 Å². The van der Waals surface area contributed by atoms with Crippen LogP contribution in [0, 0.1) is 12.3 Å². The maximum atomic E-state index is 13.2. The quantitative estimate of drug-likeness (QED) is 0.731. The fourth-order valence-corrected chi connectivity index (χ4v) is 2.64. The number of hydrogen-bond acceptors (Lipinski definition) is 0. The van der Waals surface area contributed by atoms with Crippen molar-refractivity contribution >= 4 is 22.9 Å². The minimum atomic E-state index is -0.501. The van der Waals surface area contributed by atoms with Gasteiger partial charge in [-0.2, -0.15) is 0 Å². The fraction of sp³-hybridized carbons (Fsp3) is 0.222. The van der Waals surface area contributed by atoms with E-state index in [1.165, 1.54) is 16.3 Å². The van der Waals surface area contributed by atoms with E-state index >= 15 is 0 Å². The molecule has 1 atom stereocenters. The molecule has 0 N–H and O–H groups in total. The van der Waals surface area contributed by atoms with Gasteiger partial charge in [-0.05, 0) is 45.8 Å². The third kappa shape index (κ3) is 2.10. The van der Waals surface area contributed by atoms with Crippen LogP contribution in [0.15, 0.2) is 42.5 Å². The molecule has 0 amide bonds. The van der Waals surface area contributed by atoms with Crippen LogP contribution >= 0.6 is 0 Å². The summed E-state index contributed by atoms with van der Waals surface area (Å²) >= 11 is 0. The van der Waals surface area contributed by atoms with Gasteiger partial charge >= 0.3 is 0 Å². The van der Waals surface area contributed by atoms with E-state index in [0.29, 0.717) is 0 Å². The lowest BCUT2D eigenvalue weighted by molar-refractivity contribution is 0.375. The molecule has 0 radical (unpaired) electrons. The molecular weight excluding hydrogens is 235 g/mol. The van der Waals surface area contributed by atoms with Crippen LogP contribution in [0.5, 0.6) is 0 Å². The van der Waals surface area contributed by atoms with Gasteiger partial charge in [0.2, 0.25) is 0 Å². The molecule has 0 spiro atoms. The lowest BCUT2D eigenvalue weighted by Gasteiger charge is -2.16. The minimum absolute atomic E-state index is 0.372. The Bertz CT molecular complexity index is 783. The van der Waals surface area contributed by atoms with Crippen molar-refractivity contribution in [3.63, 3.8) is 0 Å². The first kappa shape index (κ1) is 12.2. The summed E-state index contributed by atoms with van der Waals surface area (Å²) in [7, 11) is 0. The lowest BCUT2D eigenvalue weighted by Crippen LogP contribution is -2.27. The standard InChI is InChI=1S/C18H17F/c1-13-5-3-6-15-9-16-11-18(2,12-19)8-4-7-14(16)10-17(13)15/h3-11H,12H2,1-2H3. The van der Waals surface area contributed by atoms with E-state index in [-0.39, 0.29) is 6.67 Å². The highest BCUT2D eigenvalue weighted by molar-refractivity contribution is 5.86. The zero-order chi connectivity index (χ0) is 13.5. The van der Waals surface area contributed by atoms with Crippen molar-refractivity contribution < 1.29 is 4.39 Å². The number of allylic oxidation sites excluding steroid dienone is 2. The first-order chi connectivity index (χ1) is 9.11. The molecule has 3 rings (SSSR count). The normalized spacial score (nSPS) is 21.4. The van der Waals surface area contributed by atoms with E-state index < -0.39 is 5.41 Å². The number of rotatable bonds is 1. The lowest BCUT2D eigenvalue weighted by atomic mass is 9.91. The number of alkyl halides is 1. The summed E-state index contributed by atoms with van der Waals surface area (Å²) in [6.45, 7) is 3.67. The molecule has 0 aliphatic heterocycles. The van der Waals surface area contributed by atoms with E-state index in [1.54, 1.807) is 0 Å². The van der Waals surface area contributed by atoms with Gasteiger partial charge in [0, 0.05) is 5.41 Å². The minimum Gasteiger partial charge on any atom is -0.250 e. The molecule has 2 aromatic rings. The summed E-state index contributed by atoms with van der Waals surface area (Å²) in [4.78, 5) is 0. The summed E-state index contributed by atoms with van der Waals surface area (Å²) in [5.74, 6) is 0. The van der Waals surface area contributed by atoms with Crippen LogP contribution in [-0.2, 0) is 0 Å². The van der Waals surface area contributed by atoms with E-state index in [4.69, 9.17) is 0 Å². The number of benzene rings is 2. The van der Waals surface area contributed by atoms with Gasteiger partial charge in [-0.1, -0.05) is 49.4 Å². The largest absolute Gasteiger partial charge is 0.250 e. The summed E-state index contributed by atoms with van der Waals surface area (Å²) in [6, 6.07) is 10.7. The molecule has 0 heterocycles. The highest BCUT2D eigenvalue weighted by Gasteiger charge is 2.18. The Hall–Kier alpha value is -1.89. The second-order valence-electron chi connectivity index (χ2n) is 5.59. The van der Waals surface area contributed by atoms with E-state index in [1.807, 2.05) is 25.2 Å². The molecule has 1 unspecified atom stereocenters. The van der Waals surface area contributed by atoms with E-state index in [9.17, 15) is 4.39 Å². The van der Waals surface area contributed by atoms with Gasteiger partial charge in [0.05, 0.1) is 0 Å². The smallest absolute Gasteiger partial charge is 0.102 e. The average molecular weight is 252 g/mol. The fourth-order valence-electron chi connectivity index (χ4n) is 2.64. The van der Waals surface area contributed by atoms with Crippen LogP contribution in [0.1, 0.15) is 12.5 Å². The average Bonchev–Trinajstić information content (AvgIpc) is 2.56. The molecule has 0 bridgehead atoms. The SMILES string of the molecule is Cc1cccc2cc3c(cc12)=CC=CC(C)(CF)C=3.